The summed E-state index contributed by atoms with van der Waals surface area (Å²) in [5, 5.41) is 0.309. The van der Waals surface area contributed by atoms with Gasteiger partial charge in [0.1, 0.15) is 9.71 Å². The molecule has 2 rings (SSSR count). The van der Waals surface area contributed by atoms with Crippen molar-refractivity contribution in [2.24, 2.45) is 0 Å². The van der Waals surface area contributed by atoms with Crippen molar-refractivity contribution in [1.82, 2.24) is 9.66 Å². The van der Waals surface area contributed by atoms with E-state index in [1.165, 1.54) is 0 Å². The molecule has 0 atom stereocenters. The maximum absolute atomic E-state index is 11.9. The smallest absolute Gasteiger partial charge is 0.740 e. The molecule has 0 aliphatic rings. The van der Waals surface area contributed by atoms with Crippen LogP contribution in [0, 0.1) is 6.92 Å². The van der Waals surface area contributed by atoms with Crippen molar-refractivity contribution in [2.45, 2.75) is 19.0 Å². The molecular weight excluding hydrogens is 313 g/mol. The summed E-state index contributed by atoms with van der Waals surface area (Å²) in [5.41, 5.74) is 0.0782. The molecule has 0 saturated heterocycles. The summed E-state index contributed by atoms with van der Waals surface area (Å²) < 4.78 is 5.71. The molecule has 2 aromatic heterocycles. The zero-order chi connectivity index (χ0) is 13.4. The summed E-state index contributed by atoms with van der Waals surface area (Å²) in [5.74, 6) is 5.02. The number of rotatable bonds is 2. The van der Waals surface area contributed by atoms with Crippen molar-refractivity contribution in [2.75, 3.05) is 12.4 Å². The second-order valence-electron chi connectivity index (χ2n) is 3.53. The van der Waals surface area contributed by atoms with E-state index < -0.39 is 11.5 Å². The van der Waals surface area contributed by atoms with Gasteiger partial charge in [-0.15, -0.1) is 11.3 Å². The Morgan fingerprint density at radius 3 is 2.79 bits per heavy atom. The normalized spacial score (nSPS) is 10.2. The quantitative estimate of drug-likeness (QED) is 0.217. The molecule has 0 spiro atoms. The Hall–Kier alpha value is -0.0336. The molecule has 0 aliphatic heterocycles. The number of nitrogen functional groups attached to an aromatic ring is 1. The molecule has 19 heavy (non-hydrogen) atoms. The number of nitrogens with zero attached hydrogens (tertiary/aromatic N) is 2. The summed E-state index contributed by atoms with van der Waals surface area (Å²) in [7, 11) is 0. The Bertz CT molecular complexity index is 695. The minimum Gasteiger partial charge on any atom is -0.740 e. The first-order chi connectivity index (χ1) is 8.47. The zero-order valence-corrected chi connectivity index (χ0v) is 15.5. The van der Waals surface area contributed by atoms with Gasteiger partial charge < -0.3 is 23.2 Å². The van der Waals surface area contributed by atoms with E-state index in [9.17, 15) is 9.59 Å². The molecule has 0 radical (unpaired) electrons. The number of aromatic nitrogens is 2. The molecule has 0 aliphatic carbocycles. The fraction of sp³-hybridized carbons (Fsp3) is 0.300. The first kappa shape index (κ1) is 17.0. The van der Waals surface area contributed by atoms with Crippen LogP contribution in [-0.4, -0.2) is 22.2 Å². The van der Waals surface area contributed by atoms with E-state index in [1.54, 1.807) is 13.8 Å². The van der Waals surface area contributed by atoms with Crippen molar-refractivity contribution in [3.63, 3.8) is 0 Å². The monoisotopic (exact) mass is 323 g/mol. The summed E-state index contributed by atoms with van der Waals surface area (Å²) in [4.78, 5) is 28.5. The van der Waals surface area contributed by atoms with Crippen LogP contribution < -0.4 is 62.8 Å². The van der Waals surface area contributed by atoms with Crippen molar-refractivity contribution in [3.8, 4) is 0 Å². The molecule has 2 heterocycles. The van der Waals surface area contributed by atoms with Gasteiger partial charge in [0.25, 0.3) is 5.56 Å². The summed E-state index contributed by atoms with van der Waals surface area (Å²) in [6, 6.07) is 0. The number of ether oxygens (including phenoxy) is 1. The fourth-order valence-corrected chi connectivity index (χ4v) is 2.87. The van der Waals surface area contributed by atoms with E-state index in [0.29, 0.717) is 20.7 Å². The van der Waals surface area contributed by atoms with Gasteiger partial charge in [0.05, 0.1) is 12.0 Å². The number of nitrogens with two attached hydrogens (primary N) is 1. The largest absolute Gasteiger partial charge is 1.00 e. The summed E-state index contributed by atoms with van der Waals surface area (Å²) in [6.07, 6.45) is 0. The van der Waals surface area contributed by atoms with Gasteiger partial charge >= 0.3 is 57.4 Å². The van der Waals surface area contributed by atoms with E-state index in [-0.39, 0.29) is 63.1 Å². The molecule has 0 saturated carbocycles. The third-order valence-electron chi connectivity index (χ3n) is 2.42. The third kappa shape index (κ3) is 3.02. The average molecular weight is 323 g/mol. The van der Waals surface area contributed by atoms with Crippen molar-refractivity contribution >= 4 is 40.2 Å². The zero-order valence-electron chi connectivity index (χ0n) is 10.7. The topological polar surface area (TPSA) is 87.2 Å². The summed E-state index contributed by atoms with van der Waals surface area (Å²) in [6.45, 7) is 3.65. The minimum absolute atomic E-state index is 0. The van der Waals surface area contributed by atoms with E-state index in [1.807, 2.05) is 0 Å². The van der Waals surface area contributed by atoms with Gasteiger partial charge in [0.15, 0.2) is 0 Å². The predicted molar refractivity (Wildman–Crippen MR) is 70.4 cm³/mol. The van der Waals surface area contributed by atoms with Crippen molar-refractivity contribution < 1.29 is 60.9 Å². The molecule has 9 heteroatoms. The summed E-state index contributed by atoms with van der Waals surface area (Å²) >= 11 is 5.94. The van der Waals surface area contributed by atoms with Gasteiger partial charge in [-0.3, -0.25) is 4.79 Å². The van der Waals surface area contributed by atoms with Crippen LogP contribution in [0.1, 0.15) is 22.2 Å². The molecule has 2 aromatic rings. The number of hydrogen-bond acceptors (Lipinski definition) is 7. The van der Waals surface area contributed by atoms with Crippen molar-refractivity contribution in [1.29, 1.82) is 0 Å². The maximum Gasteiger partial charge on any atom is 1.00 e. The Morgan fingerprint density at radius 2 is 2.21 bits per heavy atom. The minimum atomic E-state index is -0.466. The number of carbonyl (C=O) groups is 1. The number of thiophene rings is 1. The van der Waals surface area contributed by atoms with E-state index in [0.717, 1.165) is 16.0 Å². The Kier molecular flexibility index (Phi) is 5.92. The van der Waals surface area contributed by atoms with Crippen LogP contribution >= 0.6 is 11.3 Å². The first-order valence-electron chi connectivity index (χ1n) is 5.12. The van der Waals surface area contributed by atoms with Crippen LogP contribution in [0.15, 0.2) is 9.95 Å². The SMILES string of the molecule is CCOC(=O)c1sc2nc([S-])n(N)c(=O)c2c1C.[K+]. The van der Waals surface area contributed by atoms with Crippen LogP contribution in [0.25, 0.3) is 10.2 Å². The van der Waals surface area contributed by atoms with Crippen molar-refractivity contribution in [3.05, 3.63) is 20.8 Å². The standard InChI is InChI=1S/C10H11N3O3S2.K/c1-3-16-9(15)6-4(2)5-7(18-6)12-10(17)13(11)8(5)14;/h3,11H2,1-2H3,(H,12,17);/q;+1/p-1. The average Bonchev–Trinajstić information content (AvgIpc) is 2.64. The first-order valence-corrected chi connectivity index (χ1v) is 6.35. The number of hydrogen-bond donors (Lipinski definition) is 1. The van der Waals surface area contributed by atoms with Crippen LogP contribution in [0.2, 0.25) is 0 Å². The second kappa shape index (κ2) is 6.61. The van der Waals surface area contributed by atoms with Gasteiger partial charge in [0, 0.05) is 5.16 Å². The van der Waals surface area contributed by atoms with Crippen LogP contribution in [0.5, 0.6) is 0 Å². The molecule has 6 nitrogen and oxygen atoms in total. The third-order valence-corrected chi connectivity index (χ3v) is 3.88. The van der Waals surface area contributed by atoms with E-state index in [4.69, 9.17) is 23.2 Å². The molecule has 2 N–H and O–H groups in total. The predicted octanol–water partition coefficient (Wildman–Crippen LogP) is -2.43. The molecule has 96 valence electrons. The molecule has 0 fully saturated rings. The van der Waals surface area contributed by atoms with Gasteiger partial charge in [-0.1, -0.05) is 0 Å². The number of fused-ring (bicyclic) bond motifs is 1. The number of carbonyl (C=O) groups excluding carboxylic acids is 1. The second-order valence-corrected chi connectivity index (χ2v) is 4.89. The van der Waals surface area contributed by atoms with Crippen LogP contribution in [0.4, 0.5) is 0 Å². The Balaban J connectivity index is 0.00000180. The van der Waals surface area contributed by atoms with Gasteiger partial charge in [-0.25, -0.2) is 14.5 Å². The van der Waals surface area contributed by atoms with E-state index >= 15 is 0 Å². The molecule has 0 unspecified atom stereocenters. The van der Waals surface area contributed by atoms with Gasteiger partial charge in [-0.2, -0.15) is 0 Å². The Labute approximate surface area is 161 Å². The molecular formula is C10H10KN3O3S2. The van der Waals surface area contributed by atoms with Gasteiger partial charge in [0.2, 0.25) is 0 Å². The molecule has 0 aromatic carbocycles. The Morgan fingerprint density at radius 1 is 1.58 bits per heavy atom. The molecule has 0 bridgehead atoms. The van der Waals surface area contributed by atoms with Crippen LogP contribution in [-0.2, 0) is 17.4 Å². The fourth-order valence-electron chi connectivity index (χ4n) is 1.57. The van der Waals surface area contributed by atoms with Gasteiger partial charge in [-0.05, 0) is 19.4 Å². The number of esters is 1. The molecule has 0 amide bonds. The number of aryl methyl sites for hydroxylation is 1. The van der Waals surface area contributed by atoms with Crippen LogP contribution in [0.3, 0.4) is 0 Å². The maximum atomic E-state index is 11.9. The van der Waals surface area contributed by atoms with E-state index in [2.05, 4.69) is 4.98 Å².